The molecule has 2 aromatic rings. The van der Waals surface area contributed by atoms with Gasteiger partial charge in [-0.2, -0.15) is 0 Å². The zero-order chi connectivity index (χ0) is 14.5. The minimum atomic E-state index is -0.494. The molecule has 0 spiro atoms. The molecule has 0 saturated carbocycles. The van der Waals surface area contributed by atoms with Gasteiger partial charge in [-0.3, -0.25) is 4.79 Å². The maximum atomic E-state index is 13.0. The molecule has 1 N–H and O–H groups in total. The van der Waals surface area contributed by atoms with Gasteiger partial charge in [-0.1, -0.05) is 11.6 Å². The molecule has 1 amide bonds. The van der Waals surface area contributed by atoms with Crippen molar-refractivity contribution < 1.29 is 13.6 Å². The van der Waals surface area contributed by atoms with Crippen molar-refractivity contribution in [1.82, 2.24) is 0 Å². The topological polar surface area (TPSA) is 29.1 Å². The molecular formula is C14H10ClF2NOS. The van der Waals surface area contributed by atoms with E-state index >= 15 is 0 Å². The van der Waals surface area contributed by atoms with Crippen LogP contribution in [0.1, 0.15) is 0 Å². The molecule has 0 saturated heterocycles. The van der Waals surface area contributed by atoms with E-state index in [1.54, 1.807) is 6.07 Å². The first-order chi connectivity index (χ1) is 9.54. The second-order valence-electron chi connectivity index (χ2n) is 3.92. The van der Waals surface area contributed by atoms with Gasteiger partial charge in [0.2, 0.25) is 5.91 Å². The number of rotatable bonds is 4. The Morgan fingerprint density at radius 1 is 1.15 bits per heavy atom. The Bertz CT molecular complexity index is 619. The number of halogens is 3. The lowest BCUT2D eigenvalue weighted by molar-refractivity contribution is -0.113. The summed E-state index contributed by atoms with van der Waals surface area (Å²) < 4.78 is 25.7. The highest BCUT2D eigenvalue weighted by molar-refractivity contribution is 8.00. The number of thioether (sulfide) groups is 1. The fraction of sp³-hybridized carbons (Fsp3) is 0.0714. The van der Waals surface area contributed by atoms with Crippen molar-refractivity contribution in [3.05, 3.63) is 59.1 Å². The monoisotopic (exact) mass is 313 g/mol. The van der Waals surface area contributed by atoms with E-state index in [1.807, 2.05) is 0 Å². The summed E-state index contributed by atoms with van der Waals surface area (Å²) in [5.41, 5.74) is 0.522. The van der Waals surface area contributed by atoms with Crippen molar-refractivity contribution in [3.8, 4) is 0 Å². The van der Waals surface area contributed by atoms with Gasteiger partial charge in [-0.05, 0) is 42.5 Å². The van der Waals surface area contributed by atoms with Crippen molar-refractivity contribution in [2.24, 2.45) is 0 Å². The van der Waals surface area contributed by atoms with Gasteiger partial charge in [0.05, 0.1) is 10.8 Å². The van der Waals surface area contributed by atoms with Crippen molar-refractivity contribution in [1.29, 1.82) is 0 Å². The average Bonchev–Trinajstić information content (AvgIpc) is 2.43. The molecule has 0 heterocycles. The van der Waals surface area contributed by atoms with E-state index in [-0.39, 0.29) is 22.5 Å². The van der Waals surface area contributed by atoms with Crippen LogP contribution in [0.15, 0.2) is 47.4 Å². The summed E-state index contributed by atoms with van der Waals surface area (Å²) >= 11 is 6.89. The first kappa shape index (κ1) is 14.8. The zero-order valence-electron chi connectivity index (χ0n) is 10.2. The van der Waals surface area contributed by atoms with E-state index in [0.29, 0.717) is 10.6 Å². The third-order valence-electron chi connectivity index (χ3n) is 2.39. The van der Waals surface area contributed by atoms with Crippen LogP contribution < -0.4 is 5.32 Å². The summed E-state index contributed by atoms with van der Waals surface area (Å²) in [4.78, 5) is 12.4. The average molecular weight is 314 g/mol. The molecule has 0 bridgehead atoms. The molecule has 6 heteroatoms. The van der Waals surface area contributed by atoms with Gasteiger partial charge in [-0.25, -0.2) is 8.78 Å². The first-order valence-electron chi connectivity index (χ1n) is 5.68. The highest BCUT2D eigenvalue weighted by Crippen LogP contribution is 2.24. The molecule has 0 aliphatic carbocycles. The number of carbonyl (C=O) groups excluding carboxylic acids is 1. The molecule has 0 radical (unpaired) electrons. The fourth-order valence-corrected chi connectivity index (χ4v) is 2.43. The van der Waals surface area contributed by atoms with Crippen LogP contribution in [0.2, 0.25) is 5.02 Å². The van der Waals surface area contributed by atoms with Crippen molar-refractivity contribution in [3.63, 3.8) is 0 Å². The van der Waals surface area contributed by atoms with Crippen LogP contribution in [0.3, 0.4) is 0 Å². The molecule has 104 valence electrons. The van der Waals surface area contributed by atoms with E-state index in [2.05, 4.69) is 5.32 Å². The van der Waals surface area contributed by atoms with E-state index in [1.165, 1.54) is 48.2 Å². The van der Waals surface area contributed by atoms with Crippen LogP contribution in [0.4, 0.5) is 14.5 Å². The summed E-state index contributed by atoms with van der Waals surface area (Å²) in [6, 6.07) is 9.76. The van der Waals surface area contributed by atoms with Gasteiger partial charge in [-0.15, -0.1) is 11.8 Å². The highest BCUT2D eigenvalue weighted by atomic mass is 35.5. The predicted octanol–water partition coefficient (Wildman–Crippen LogP) is 4.35. The Hall–Kier alpha value is -1.59. The SMILES string of the molecule is O=C(CSc1ccc(F)c(Cl)c1)Nc1ccc(F)cc1. The maximum absolute atomic E-state index is 13.0. The van der Waals surface area contributed by atoms with Crippen LogP contribution in [0.5, 0.6) is 0 Å². The second kappa shape index (κ2) is 6.72. The summed E-state index contributed by atoms with van der Waals surface area (Å²) in [6.07, 6.45) is 0. The van der Waals surface area contributed by atoms with Crippen LogP contribution in [-0.4, -0.2) is 11.7 Å². The Labute approximate surface area is 124 Å². The molecule has 0 aliphatic heterocycles. The molecule has 0 unspecified atom stereocenters. The van der Waals surface area contributed by atoms with E-state index in [4.69, 9.17) is 11.6 Å². The molecule has 20 heavy (non-hydrogen) atoms. The van der Waals surface area contributed by atoms with Crippen LogP contribution in [0.25, 0.3) is 0 Å². The lowest BCUT2D eigenvalue weighted by atomic mass is 10.3. The van der Waals surface area contributed by atoms with Gasteiger partial charge in [0.25, 0.3) is 0 Å². The Morgan fingerprint density at radius 2 is 1.85 bits per heavy atom. The Kier molecular flexibility index (Phi) is 4.98. The number of amides is 1. The second-order valence-corrected chi connectivity index (χ2v) is 5.38. The first-order valence-corrected chi connectivity index (χ1v) is 7.04. The van der Waals surface area contributed by atoms with Crippen LogP contribution in [0, 0.1) is 11.6 Å². The Balaban J connectivity index is 1.88. The molecular weight excluding hydrogens is 304 g/mol. The van der Waals surface area contributed by atoms with Gasteiger partial charge in [0.1, 0.15) is 11.6 Å². The van der Waals surface area contributed by atoms with E-state index < -0.39 is 5.82 Å². The minimum absolute atomic E-state index is 0.0222. The van der Waals surface area contributed by atoms with Gasteiger partial charge in [0, 0.05) is 10.6 Å². The van der Waals surface area contributed by atoms with Gasteiger partial charge >= 0.3 is 0 Å². The quantitative estimate of drug-likeness (QED) is 0.850. The lowest BCUT2D eigenvalue weighted by Gasteiger charge is -2.05. The van der Waals surface area contributed by atoms with Crippen molar-refractivity contribution >= 4 is 35.0 Å². The van der Waals surface area contributed by atoms with Crippen molar-refractivity contribution in [2.75, 3.05) is 11.1 Å². The lowest BCUT2D eigenvalue weighted by Crippen LogP contribution is -2.13. The number of hydrogen-bond acceptors (Lipinski definition) is 2. The Morgan fingerprint density at radius 3 is 2.50 bits per heavy atom. The van der Waals surface area contributed by atoms with E-state index in [9.17, 15) is 13.6 Å². The summed E-state index contributed by atoms with van der Waals surface area (Å²) in [7, 11) is 0. The van der Waals surface area contributed by atoms with Crippen LogP contribution in [-0.2, 0) is 4.79 Å². The molecule has 2 rings (SSSR count). The van der Waals surface area contributed by atoms with Gasteiger partial charge in [0.15, 0.2) is 0 Å². The predicted molar refractivity (Wildman–Crippen MR) is 77.2 cm³/mol. The van der Waals surface area contributed by atoms with Gasteiger partial charge < -0.3 is 5.32 Å². The summed E-state index contributed by atoms with van der Waals surface area (Å²) in [6.45, 7) is 0. The third kappa shape index (κ3) is 4.21. The molecule has 2 aromatic carbocycles. The standard InChI is InChI=1S/C14H10ClF2NOS/c15-12-7-11(5-6-13(12)17)20-8-14(19)18-10-3-1-9(16)2-4-10/h1-7H,8H2,(H,18,19). The zero-order valence-corrected chi connectivity index (χ0v) is 11.8. The molecule has 0 atom stereocenters. The maximum Gasteiger partial charge on any atom is 0.234 e. The number of anilines is 1. The van der Waals surface area contributed by atoms with Crippen molar-refractivity contribution in [2.45, 2.75) is 4.90 Å². The largest absolute Gasteiger partial charge is 0.325 e. The molecule has 2 nitrogen and oxygen atoms in total. The summed E-state index contributed by atoms with van der Waals surface area (Å²) in [5.74, 6) is -0.938. The number of carbonyl (C=O) groups is 1. The third-order valence-corrected chi connectivity index (χ3v) is 3.67. The van der Waals surface area contributed by atoms with Crippen LogP contribution >= 0.6 is 23.4 Å². The smallest absolute Gasteiger partial charge is 0.234 e. The number of nitrogens with one attached hydrogen (secondary N) is 1. The summed E-state index contributed by atoms with van der Waals surface area (Å²) in [5, 5.41) is 2.65. The molecule has 0 aromatic heterocycles. The minimum Gasteiger partial charge on any atom is -0.325 e. The molecule has 0 fully saturated rings. The highest BCUT2D eigenvalue weighted by Gasteiger charge is 2.06. The fourth-order valence-electron chi connectivity index (χ4n) is 1.45. The number of hydrogen-bond donors (Lipinski definition) is 1. The molecule has 0 aliphatic rings. The van der Waals surface area contributed by atoms with E-state index in [0.717, 1.165) is 0 Å². The number of benzene rings is 2. The normalized spacial score (nSPS) is 10.3.